The third kappa shape index (κ3) is 1.01. The Balaban J connectivity index is 3.34. The van der Waals surface area contributed by atoms with Crippen LogP contribution in [-0.2, 0) is 0 Å². The van der Waals surface area contributed by atoms with Crippen LogP contribution in [0.5, 0.6) is 5.75 Å². The Kier molecular flexibility index (Phi) is 1.70. The molecule has 46 valence electrons. The van der Waals surface area contributed by atoms with E-state index in [4.69, 9.17) is 20.8 Å². The lowest BCUT2D eigenvalue weighted by Gasteiger charge is -2.01. The number of halogens is 1. The number of phenolic OH excluding ortho intramolecular Hbond substituents is 1. The Hall–Kier alpha value is -0.920. The molecule has 1 aromatic carbocycles. The van der Waals surface area contributed by atoms with Crippen LogP contribution < -0.4 is 10.9 Å². The molecule has 0 aliphatic carbocycles. The number of benzene rings is 1. The first-order valence-electron chi connectivity index (χ1n) is 2.65. The molecule has 1 N–H and O–H groups in total. The molecule has 0 aliphatic rings. The van der Waals surface area contributed by atoms with Crippen LogP contribution in [0, 0.1) is 5.82 Å². The second-order valence-electron chi connectivity index (χ2n) is 1.91. The third-order valence-electron chi connectivity index (χ3n) is 1.18. The lowest BCUT2D eigenvalue weighted by molar-refractivity contribution is 0.439. The molecular weight excluding hydrogens is 129 g/mol. The van der Waals surface area contributed by atoms with Gasteiger partial charge < -0.3 is 5.11 Å². The van der Waals surface area contributed by atoms with Crippen molar-refractivity contribution in [3.8, 4) is 5.75 Å². The smallest absolute Gasteiger partial charge is 0.157 e. The summed E-state index contributed by atoms with van der Waals surface area (Å²) in [6.07, 6.45) is 0. The summed E-state index contributed by atoms with van der Waals surface area (Å²) in [5, 5.41) is 8.81. The summed E-state index contributed by atoms with van der Waals surface area (Å²) in [6.45, 7) is 0. The summed E-state index contributed by atoms with van der Waals surface area (Å²) < 4.78 is 12.5. The fourth-order valence-electron chi connectivity index (χ4n) is 0.595. The van der Waals surface area contributed by atoms with Gasteiger partial charge in [0.2, 0.25) is 0 Å². The van der Waals surface area contributed by atoms with E-state index in [1.54, 1.807) is 0 Å². The van der Waals surface area contributed by atoms with E-state index >= 15 is 0 Å². The first kappa shape index (κ1) is 7.19. The number of hydrogen-bond acceptors (Lipinski definition) is 1. The summed E-state index contributed by atoms with van der Waals surface area (Å²) in [7, 11) is 10.2. The number of phenols is 1. The van der Waals surface area contributed by atoms with E-state index in [1.807, 2.05) is 0 Å². The van der Waals surface area contributed by atoms with Crippen molar-refractivity contribution >= 4 is 26.6 Å². The molecule has 0 spiro atoms. The van der Waals surface area contributed by atoms with Crippen LogP contribution in [-0.4, -0.2) is 20.8 Å². The van der Waals surface area contributed by atoms with E-state index in [9.17, 15) is 4.39 Å². The van der Waals surface area contributed by atoms with E-state index in [1.165, 1.54) is 12.1 Å². The van der Waals surface area contributed by atoms with Gasteiger partial charge in [-0.2, -0.15) is 0 Å². The molecule has 0 bridgehead atoms. The monoisotopic (exact) mass is 132 g/mol. The summed E-state index contributed by atoms with van der Waals surface area (Å²) >= 11 is 0. The highest BCUT2D eigenvalue weighted by molar-refractivity contribution is 6.37. The zero-order valence-electron chi connectivity index (χ0n) is 5.13. The second kappa shape index (κ2) is 2.37. The van der Waals surface area contributed by atoms with Crippen molar-refractivity contribution in [2.24, 2.45) is 0 Å². The first-order chi connectivity index (χ1) is 4.63. The second-order valence-corrected chi connectivity index (χ2v) is 1.91. The average molecular weight is 132 g/mol. The predicted molar refractivity (Wildman–Crippen MR) is 38.8 cm³/mol. The molecule has 0 fully saturated rings. The summed E-state index contributed by atoms with van der Waals surface area (Å²) in [6, 6.07) is 2.64. The SMILES string of the molecule is [B]c1ccc([B])c(F)c1O. The predicted octanol–water partition coefficient (Wildman–Crippen LogP) is -0.881. The maximum atomic E-state index is 12.5. The Morgan fingerprint density at radius 2 is 1.70 bits per heavy atom. The van der Waals surface area contributed by atoms with Gasteiger partial charge in [-0.25, -0.2) is 4.39 Å². The maximum absolute atomic E-state index is 12.5. The number of rotatable bonds is 0. The Bertz CT molecular complexity index is 235. The minimum Gasteiger partial charge on any atom is -0.506 e. The lowest BCUT2D eigenvalue weighted by Crippen LogP contribution is -2.15. The van der Waals surface area contributed by atoms with Gasteiger partial charge in [0.05, 0.1) is 0 Å². The van der Waals surface area contributed by atoms with Crippen LogP contribution in [0.25, 0.3) is 0 Å². The van der Waals surface area contributed by atoms with Crippen LogP contribution >= 0.6 is 0 Å². The van der Waals surface area contributed by atoms with Crippen molar-refractivity contribution in [3.63, 3.8) is 0 Å². The lowest BCUT2D eigenvalue weighted by atomic mass is 9.88. The highest BCUT2D eigenvalue weighted by Crippen LogP contribution is 2.06. The first-order valence-corrected chi connectivity index (χ1v) is 2.65. The fraction of sp³-hybridized carbons (Fsp3) is 0. The molecule has 0 aromatic heterocycles. The van der Waals surface area contributed by atoms with Gasteiger partial charge in [-0.1, -0.05) is 23.1 Å². The Morgan fingerprint density at radius 1 is 1.20 bits per heavy atom. The fourth-order valence-corrected chi connectivity index (χ4v) is 0.595. The van der Waals surface area contributed by atoms with E-state index < -0.39 is 11.6 Å². The van der Waals surface area contributed by atoms with Gasteiger partial charge in [-0.3, -0.25) is 0 Å². The minimum absolute atomic E-state index is 0.00769. The summed E-state index contributed by atoms with van der Waals surface area (Å²) in [5.74, 6) is -1.44. The van der Waals surface area contributed by atoms with Crippen molar-refractivity contribution in [1.82, 2.24) is 0 Å². The van der Waals surface area contributed by atoms with Crippen molar-refractivity contribution in [1.29, 1.82) is 0 Å². The molecular formula is C6H3B2FO. The summed E-state index contributed by atoms with van der Waals surface area (Å²) in [5.41, 5.74) is -0.113. The largest absolute Gasteiger partial charge is 0.506 e. The van der Waals surface area contributed by atoms with Crippen molar-refractivity contribution in [2.75, 3.05) is 0 Å². The van der Waals surface area contributed by atoms with E-state index in [0.717, 1.165) is 0 Å². The maximum Gasteiger partial charge on any atom is 0.157 e. The van der Waals surface area contributed by atoms with Gasteiger partial charge in [0.15, 0.2) is 5.82 Å². The van der Waals surface area contributed by atoms with Crippen molar-refractivity contribution in [2.45, 2.75) is 0 Å². The van der Waals surface area contributed by atoms with Gasteiger partial charge in [0.25, 0.3) is 0 Å². The van der Waals surface area contributed by atoms with E-state index in [-0.39, 0.29) is 10.9 Å². The molecule has 4 radical (unpaired) electrons. The molecule has 0 amide bonds. The molecule has 1 rings (SSSR count). The van der Waals surface area contributed by atoms with Crippen molar-refractivity contribution < 1.29 is 9.50 Å². The van der Waals surface area contributed by atoms with E-state index in [0.29, 0.717) is 0 Å². The standard InChI is InChI=1S/C6H3B2FO/c7-3-1-2-4(8)6(10)5(3)9/h1-2,10H. The van der Waals surface area contributed by atoms with Crippen LogP contribution in [0.1, 0.15) is 0 Å². The van der Waals surface area contributed by atoms with E-state index in [2.05, 4.69) is 0 Å². The molecule has 1 aromatic rings. The average Bonchev–Trinajstić information content (AvgIpc) is 1.93. The molecule has 0 atom stereocenters. The molecule has 10 heavy (non-hydrogen) atoms. The van der Waals surface area contributed by atoms with Crippen LogP contribution in [0.2, 0.25) is 0 Å². The van der Waals surface area contributed by atoms with Crippen LogP contribution in [0.4, 0.5) is 4.39 Å². The molecule has 4 heteroatoms. The number of aromatic hydroxyl groups is 1. The number of hydrogen-bond donors (Lipinski definition) is 1. The molecule has 0 unspecified atom stereocenters. The Morgan fingerprint density at radius 3 is 2.20 bits per heavy atom. The Labute approximate surface area is 60.7 Å². The normalized spacial score (nSPS) is 9.70. The van der Waals surface area contributed by atoms with Gasteiger partial charge in [0, 0.05) is 0 Å². The van der Waals surface area contributed by atoms with Gasteiger partial charge >= 0.3 is 0 Å². The molecule has 0 saturated carbocycles. The zero-order valence-corrected chi connectivity index (χ0v) is 5.13. The van der Waals surface area contributed by atoms with Gasteiger partial charge in [-0.05, 0) is 0 Å². The van der Waals surface area contributed by atoms with Crippen LogP contribution in [0.3, 0.4) is 0 Å². The summed E-state index contributed by atoms with van der Waals surface area (Å²) in [4.78, 5) is 0. The molecule has 0 heterocycles. The highest BCUT2D eigenvalue weighted by atomic mass is 19.1. The zero-order chi connectivity index (χ0) is 7.72. The van der Waals surface area contributed by atoms with Crippen molar-refractivity contribution in [3.05, 3.63) is 17.9 Å². The molecule has 1 nitrogen and oxygen atoms in total. The molecule has 0 saturated heterocycles. The quantitative estimate of drug-likeness (QED) is 0.454. The highest BCUT2D eigenvalue weighted by Gasteiger charge is 2.03. The third-order valence-corrected chi connectivity index (χ3v) is 1.18. The minimum atomic E-state index is -0.861. The topological polar surface area (TPSA) is 20.2 Å². The van der Waals surface area contributed by atoms with Gasteiger partial charge in [-0.15, -0.1) is 0 Å². The van der Waals surface area contributed by atoms with Gasteiger partial charge in [0.1, 0.15) is 21.4 Å². The molecule has 0 aliphatic heterocycles. The van der Waals surface area contributed by atoms with Crippen LogP contribution in [0.15, 0.2) is 12.1 Å².